The van der Waals surface area contributed by atoms with Crippen molar-refractivity contribution in [2.75, 3.05) is 18.1 Å². The van der Waals surface area contributed by atoms with Gasteiger partial charge in [0.2, 0.25) is 0 Å². The number of nitrogens with one attached hydrogen (secondary N) is 1. The van der Waals surface area contributed by atoms with Crippen molar-refractivity contribution < 1.29 is 13.2 Å². The molecule has 1 atom stereocenters. The molecule has 0 radical (unpaired) electrons. The minimum absolute atomic E-state index is 0.0703. The monoisotopic (exact) mass is 419 g/mol. The van der Waals surface area contributed by atoms with E-state index in [1.165, 1.54) is 0 Å². The van der Waals surface area contributed by atoms with E-state index in [-0.39, 0.29) is 11.6 Å². The Bertz CT molecular complexity index is 1100. The third-order valence-corrected chi connectivity index (χ3v) is 5.31. The summed E-state index contributed by atoms with van der Waals surface area (Å²) in [6, 6.07) is 3.17. The van der Waals surface area contributed by atoms with Crippen molar-refractivity contribution in [1.82, 2.24) is 24.5 Å². The van der Waals surface area contributed by atoms with Crippen molar-refractivity contribution in [1.29, 1.82) is 0 Å². The van der Waals surface area contributed by atoms with Crippen LogP contribution in [0.2, 0.25) is 0 Å². The molecule has 160 valence electrons. The summed E-state index contributed by atoms with van der Waals surface area (Å²) in [7, 11) is 2.01. The van der Waals surface area contributed by atoms with Gasteiger partial charge in [0, 0.05) is 36.0 Å². The fraction of sp³-hybridized carbons (Fsp3) is 0.450. The van der Waals surface area contributed by atoms with Crippen LogP contribution in [0.1, 0.15) is 60.9 Å². The Morgan fingerprint density at radius 1 is 1.10 bits per heavy atom. The first-order valence-corrected chi connectivity index (χ1v) is 9.74. The molecule has 1 aromatic carbocycles. The summed E-state index contributed by atoms with van der Waals surface area (Å²) in [5.41, 5.74) is 7.52. The number of halogens is 3. The van der Waals surface area contributed by atoms with Crippen LogP contribution < -0.4 is 11.1 Å². The Morgan fingerprint density at radius 3 is 2.50 bits per heavy atom. The van der Waals surface area contributed by atoms with Crippen LogP contribution in [-0.4, -0.2) is 31.5 Å². The number of aromatic nitrogens is 4. The molecule has 1 unspecified atom stereocenters. The molecule has 0 fully saturated rings. The largest absolute Gasteiger partial charge is 0.416 e. The van der Waals surface area contributed by atoms with Crippen LogP contribution in [-0.2, 0) is 19.3 Å². The molecule has 3 heterocycles. The lowest BCUT2D eigenvalue weighted by molar-refractivity contribution is -0.137. The number of benzene rings is 1. The number of alkyl halides is 3. The van der Waals surface area contributed by atoms with Crippen molar-refractivity contribution in [2.45, 2.75) is 52.0 Å². The Kier molecular flexibility index (Phi) is 4.84. The second kappa shape index (κ2) is 7.12. The first kappa shape index (κ1) is 20.4. The number of fused-ring (bicyclic) bond motifs is 3. The molecule has 0 amide bonds. The summed E-state index contributed by atoms with van der Waals surface area (Å²) < 4.78 is 41.6. The Morgan fingerprint density at radius 2 is 1.83 bits per heavy atom. The highest BCUT2D eigenvalue weighted by Gasteiger charge is 2.32. The van der Waals surface area contributed by atoms with Gasteiger partial charge in [0.15, 0.2) is 0 Å². The van der Waals surface area contributed by atoms with Gasteiger partial charge in [-0.05, 0) is 37.7 Å². The highest BCUT2D eigenvalue weighted by atomic mass is 19.4. The first-order valence-electron chi connectivity index (χ1n) is 9.74. The molecule has 0 spiro atoms. The zero-order valence-corrected chi connectivity index (χ0v) is 17.2. The van der Waals surface area contributed by atoms with Gasteiger partial charge in [0.05, 0.1) is 11.6 Å². The average molecular weight is 419 g/mol. The lowest BCUT2D eigenvalue weighted by Gasteiger charge is -2.20. The standard InChI is InChI=1S/C20H24F3N7/c1-10(2)18-27-28-19-26-17(15-8-29(4)9-16(15)30(18)19)25-11(3)12-5-13(20(21,22)23)7-14(24)6-12/h5-7,10-11H,8-9,24H2,1-4H3,(H,25,26,28). The third kappa shape index (κ3) is 3.55. The van der Waals surface area contributed by atoms with Crippen LogP contribution in [0.3, 0.4) is 0 Å². The molecule has 1 aliphatic heterocycles. The fourth-order valence-corrected chi connectivity index (χ4v) is 3.84. The van der Waals surface area contributed by atoms with E-state index in [0.717, 1.165) is 29.2 Å². The maximum absolute atomic E-state index is 13.2. The van der Waals surface area contributed by atoms with Crippen LogP contribution >= 0.6 is 0 Å². The molecule has 3 aromatic rings. The third-order valence-electron chi connectivity index (χ3n) is 5.31. The minimum atomic E-state index is -4.46. The Hall–Kier alpha value is -2.88. The van der Waals surface area contributed by atoms with Crippen molar-refractivity contribution in [2.24, 2.45) is 0 Å². The van der Waals surface area contributed by atoms with Crippen LogP contribution in [0, 0.1) is 0 Å². The maximum Gasteiger partial charge on any atom is 0.416 e. The van der Waals surface area contributed by atoms with E-state index < -0.39 is 17.8 Å². The molecule has 10 heteroatoms. The van der Waals surface area contributed by atoms with Gasteiger partial charge in [-0.2, -0.15) is 18.2 Å². The predicted octanol–water partition coefficient (Wildman–Crippen LogP) is 3.97. The summed E-state index contributed by atoms with van der Waals surface area (Å²) in [4.78, 5) is 6.79. The van der Waals surface area contributed by atoms with Gasteiger partial charge < -0.3 is 11.1 Å². The lowest BCUT2D eigenvalue weighted by atomic mass is 10.0. The summed E-state index contributed by atoms with van der Waals surface area (Å²) in [6.45, 7) is 7.27. The van der Waals surface area contributed by atoms with E-state index in [1.54, 1.807) is 13.0 Å². The molecule has 0 bridgehead atoms. The summed E-state index contributed by atoms with van der Waals surface area (Å²) >= 11 is 0. The van der Waals surface area contributed by atoms with Crippen molar-refractivity contribution in [3.63, 3.8) is 0 Å². The maximum atomic E-state index is 13.2. The summed E-state index contributed by atoms with van der Waals surface area (Å²) in [6.07, 6.45) is -4.46. The summed E-state index contributed by atoms with van der Waals surface area (Å²) in [5, 5.41) is 11.8. The molecule has 0 saturated carbocycles. The van der Waals surface area contributed by atoms with Gasteiger partial charge in [-0.15, -0.1) is 10.2 Å². The number of rotatable bonds is 4. The zero-order valence-electron chi connectivity index (χ0n) is 17.2. The van der Waals surface area contributed by atoms with Crippen LogP contribution in [0.4, 0.5) is 24.7 Å². The van der Waals surface area contributed by atoms with Crippen molar-refractivity contribution in [3.05, 3.63) is 46.4 Å². The van der Waals surface area contributed by atoms with Gasteiger partial charge in [0.1, 0.15) is 11.6 Å². The SMILES string of the molecule is CC(C)c1nnc2nc(NC(C)c3cc(N)cc(C(F)(F)F)c3)c3c(n12)CN(C)C3. The quantitative estimate of drug-likeness (QED) is 0.623. The Balaban J connectivity index is 1.75. The first-order chi connectivity index (χ1) is 14.0. The van der Waals surface area contributed by atoms with Crippen LogP contribution in [0.15, 0.2) is 18.2 Å². The lowest BCUT2D eigenvalue weighted by Crippen LogP contribution is -2.14. The highest BCUT2D eigenvalue weighted by molar-refractivity contribution is 5.56. The van der Waals surface area contributed by atoms with Gasteiger partial charge in [-0.1, -0.05) is 13.8 Å². The van der Waals surface area contributed by atoms with Crippen molar-refractivity contribution in [3.8, 4) is 0 Å². The minimum Gasteiger partial charge on any atom is -0.399 e. The molecule has 7 nitrogen and oxygen atoms in total. The second-order valence-electron chi connectivity index (χ2n) is 8.16. The predicted molar refractivity (Wildman–Crippen MR) is 108 cm³/mol. The number of hydrogen-bond acceptors (Lipinski definition) is 6. The molecule has 30 heavy (non-hydrogen) atoms. The van der Waals surface area contributed by atoms with E-state index in [4.69, 9.17) is 5.73 Å². The number of nitrogens with two attached hydrogens (primary N) is 1. The molecule has 2 aromatic heterocycles. The van der Waals surface area contributed by atoms with Gasteiger partial charge >= 0.3 is 6.18 Å². The van der Waals surface area contributed by atoms with E-state index in [0.29, 0.717) is 30.2 Å². The smallest absolute Gasteiger partial charge is 0.399 e. The van der Waals surface area contributed by atoms with E-state index in [1.807, 2.05) is 25.3 Å². The number of anilines is 2. The van der Waals surface area contributed by atoms with Gasteiger partial charge in [-0.3, -0.25) is 9.30 Å². The number of hydrogen-bond donors (Lipinski definition) is 2. The van der Waals surface area contributed by atoms with Gasteiger partial charge in [0.25, 0.3) is 5.78 Å². The average Bonchev–Trinajstić information content (AvgIpc) is 3.23. The number of nitrogen functional groups attached to an aromatic ring is 1. The molecular weight excluding hydrogens is 395 g/mol. The van der Waals surface area contributed by atoms with Crippen LogP contribution in [0.5, 0.6) is 0 Å². The van der Waals surface area contributed by atoms with E-state index in [9.17, 15) is 13.2 Å². The molecular formula is C20H24F3N7. The second-order valence-corrected chi connectivity index (χ2v) is 8.16. The molecule has 4 rings (SSSR count). The topological polar surface area (TPSA) is 84.4 Å². The number of nitrogens with zero attached hydrogens (tertiary/aromatic N) is 5. The van der Waals surface area contributed by atoms with Crippen LogP contribution in [0.25, 0.3) is 5.78 Å². The normalized spacial score (nSPS) is 15.7. The van der Waals surface area contributed by atoms with E-state index in [2.05, 4.69) is 25.4 Å². The van der Waals surface area contributed by atoms with Crippen molar-refractivity contribution >= 4 is 17.3 Å². The Labute approximate surface area is 172 Å². The van der Waals surface area contributed by atoms with Gasteiger partial charge in [-0.25, -0.2) is 0 Å². The zero-order chi connectivity index (χ0) is 21.8. The summed E-state index contributed by atoms with van der Waals surface area (Å²) in [5.74, 6) is 2.11. The highest BCUT2D eigenvalue weighted by Crippen LogP contribution is 2.35. The molecule has 1 aliphatic rings. The molecule has 0 saturated heterocycles. The molecule has 0 aliphatic carbocycles. The molecule has 3 N–H and O–H groups in total. The fourth-order valence-electron chi connectivity index (χ4n) is 3.84. The van der Waals surface area contributed by atoms with E-state index >= 15 is 0 Å².